The fraction of sp³-hybridized carbons (Fsp3) is 0.263. The normalized spacial score (nSPS) is 17.2. The van der Waals surface area contributed by atoms with Crippen molar-refractivity contribution in [1.29, 1.82) is 0 Å². The number of aromatic nitrogens is 1. The number of pyridine rings is 1. The summed E-state index contributed by atoms with van der Waals surface area (Å²) < 4.78 is 36.6. The molecule has 0 saturated heterocycles. The number of furan rings is 1. The molecule has 1 aromatic carbocycles. The van der Waals surface area contributed by atoms with Gasteiger partial charge in [-0.1, -0.05) is 11.6 Å². The summed E-state index contributed by atoms with van der Waals surface area (Å²) in [5, 5.41) is 5.35. The van der Waals surface area contributed by atoms with E-state index in [1.165, 1.54) is 6.26 Å². The van der Waals surface area contributed by atoms with Crippen LogP contribution >= 0.6 is 11.6 Å². The van der Waals surface area contributed by atoms with Gasteiger partial charge in [0.15, 0.2) is 0 Å². The van der Waals surface area contributed by atoms with Crippen LogP contribution in [0.3, 0.4) is 0 Å². The average Bonchev–Trinajstić information content (AvgIpc) is 3.30. The van der Waals surface area contributed by atoms with Gasteiger partial charge in [0.1, 0.15) is 22.4 Å². The summed E-state index contributed by atoms with van der Waals surface area (Å²) in [5.41, 5.74) is 1.81. The SMILES string of the molecule is CCOc1ccc2cc([C@H]3CC(c4ccco4)=NN3S(C)(=O)=O)c(Cl)nc2c1. The standard InChI is InChI=1S/C19H18ClN3O4S/c1-3-26-13-7-6-12-9-14(19(20)21-15(12)10-13)17-11-16(18-5-4-8-27-18)22-23(17)28(2,24)25/h4-10,17H,3,11H2,1-2H3/t17-/m1/s1. The van der Waals surface area contributed by atoms with Gasteiger partial charge in [0.2, 0.25) is 10.0 Å². The fourth-order valence-corrected chi connectivity index (χ4v) is 4.42. The molecule has 0 saturated carbocycles. The third-order valence-electron chi connectivity index (χ3n) is 4.46. The van der Waals surface area contributed by atoms with E-state index < -0.39 is 16.1 Å². The molecule has 0 unspecified atom stereocenters. The van der Waals surface area contributed by atoms with Gasteiger partial charge in [0.25, 0.3) is 0 Å². The van der Waals surface area contributed by atoms with Crippen LogP contribution in [-0.4, -0.2) is 36.4 Å². The lowest BCUT2D eigenvalue weighted by Crippen LogP contribution is -2.26. The van der Waals surface area contributed by atoms with Crippen molar-refractivity contribution in [2.75, 3.05) is 12.9 Å². The van der Waals surface area contributed by atoms with Gasteiger partial charge in [0, 0.05) is 23.4 Å². The first kappa shape index (κ1) is 18.8. The molecule has 4 rings (SSSR count). The molecule has 1 atom stereocenters. The minimum atomic E-state index is -3.61. The van der Waals surface area contributed by atoms with Crippen molar-refractivity contribution >= 4 is 38.2 Å². The Morgan fingerprint density at radius 1 is 1.32 bits per heavy atom. The largest absolute Gasteiger partial charge is 0.494 e. The van der Waals surface area contributed by atoms with Crippen LogP contribution < -0.4 is 4.74 Å². The Labute approximate surface area is 167 Å². The Morgan fingerprint density at radius 2 is 2.14 bits per heavy atom. The van der Waals surface area contributed by atoms with Crippen molar-refractivity contribution in [3.8, 4) is 5.75 Å². The highest BCUT2D eigenvalue weighted by Gasteiger charge is 2.37. The number of fused-ring (bicyclic) bond motifs is 1. The van der Waals surface area contributed by atoms with Gasteiger partial charge in [-0.3, -0.25) is 0 Å². The molecular formula is C19H18ClN3O4S. The Bertz CT molecular complexity index is 1160. The summed E-state index contributed by atoms with van der Waals surface area (Å²) in [6, 6.07) is 10.3. The smallest absolute Gasteiger partial charge is 0.247 e. The number of benzene rings is 1. The summed E-state index contributed by atoms with van der Waals surface area (Å²) in [4.78, 5) is 4.46. The summed E-state index contributed by atoms with van der Waals surface area (Å²) in [6.07, 6.45) is 2.98. The van der Waals surface area contributed by atoms with Gasteiger partial charge in [-0.05, 0) is 37.3 Å². The lowest BCUT2D eigenvalue weighted by atomic mass is 10.0. The van der Waals surface area contributed by atoms with E-state index in [1.807, 2.05) is 31.2 Å². The Hall–Kier alpha value is -2.58. The Morgan fingerprint density at radius 3 is 2.82 bits per heavy atom. The summed E-state index contributed by atoms with van der Waals surface area (Å²) in [7, 11) is -3.61. The molecule has 0 N–H and O–H groups in total. The highest BCUT2D eigenvalue weighted by atomic mass is 35.5. The maximum Gasteiger partial charge on any atom is 0.247 e. The molecule has 0 amide bonds. The zero-order valence-electron chi connectivity index (χ0n) is 15.3. The molecule has 0 bridgehead atoms. The quantitative estimate of drug-likeness (QED) is 0.583. The van der Waals surface area contributed by atoms with Gasteiger partial charge in [-0.15, -0.1) is 0 Å². The first-order valence-corrected chi connectivity index (χ1v) is 10.9. The number of sulfonamides is 1. The third kappa shape index (κ3) is 3.45. The molecule has 2 aromatic heterocycles. The van der Waals surface area contributed by atoms with Gasteiger partial charge < -0.3 is 9.15 Å². The van der Waals surface area contributed by atoms with Gasteiger partial charge in [-0.2, -0.15) is 9.52 Å². The highest BCUT2D eigenvalue weighted by molar-refractivity contribution is 7.88. The number of rotatable bonds is 5. The monoisotopic (exact) mass is 419 g/mol. The van der Waals surface area contributed by atoms with Crippen LogP contribution in [0.2, 0.25) is 5.15 Å². The number of nitrogens with zero attached hydrogens (tertiary/aromatic N) is 3. The Kier molecular flexibility index (Phi) is 4.76. The average molecular weight is 420 g/mol. The van der Waals surface area contributed by atoms with Crippen molar-refractivity contribution in [3.05, 3.63) is 59.1 Å². The maximum atomic E-state index is 12.3. The number of hydrogen-bond donors (Lipinski definition) is 0. The first-order valence-electron chi connectivity index (χ1n) is 8.70. The lowest BCUT2D eigenvalue weighted by Gasteiger charge is -2.22. The van der Waals surface area contributed by atoms with Crippen LogP contribution in [0.5, 0.6) is 5.75 Å². The summed E-state index contributed by atoms with van der Waals surface area (Å²) in [6.45, 7) is 2.46. The van der Waals surface area contributed by atoms with E-state index in [2.05, 4.69) is 10.1 Å². The lowest BCUT2D eigenvalue weighted by molar-refractivity contribution is 0.340. The highest BCUT2D eigenvalue weighted by Crippen LogP contribution is 2.38. The van der Waals surface area contributed by atoms with E-state index in [1.54, 1.807) is 12.1 Å². The molecular weight excluding hydrogens is 402 g/mol. The maximum absolute atomic E-state index is 12.3. The van der Waals surface area contributed by atoms with Crippen LogP contribution in [-0.2, 0) is 10.0 Å². The second-order valence-corrected chi connectivity index (χ2v) is 8.63. The van der Waals surface area contributed by atoms with E-state index in [0.29, 0.717) is 41.3 Å². The van der Waals surface area contributed by atoms with E-state index in [-0.39, 0.29) is 5.15 Å². The molecule has 0 radical (unpaired) electrons. The number of ether oxygens (including phenoxy) is 1. The molecule has 3 aromatic rings. The zero-order chi connectivity index (χ0) is 19.9. The van der Waals surface area contributed by atoms with Crippen molar-refractivity contribution in [1.82, 2.24) is 9.40 Å². The molecule has 0 spiro atoms. The second-order valence-electron chi connectivity index (χ2n) is 6.44. The predicted octanol–water partition coefficient (Wildman–Crippen LogP) is 3.99. The van der Waals surface area contributed by atoms with Gasteiger partial charge in [0.05, 0.1) is 30.7 Å². The minimum Gasteiger partial charge on any atom is -0.494 e. The van der Waals surface area contributed by atoms with Crippen LogP contribution in [0.4, 0.5) is 0 Å². The van der Waals surface area contributed by atoms with Gasteiger partial charge >= 0.3 is 0 Å². The van der Waals surface area contributed by atoms with Crippen molar-refractivity contribution in [3.63, 3.8) is 0 Å². The molecule has 1 aliphatic rings. The molecule has 1 aliphatic heterocycles. The topological polar surface area (TPSA) is 85.0 Å². The fourth-order valence-electron chi connectivity index (χ4n) is 3.25. The number of hydrogen-bond acceptors (Lipinski definition) is 6. The summed E-state index contributed by atoms with van der Waals surface area (Å²) >= 11 is 6.45. The number of halogens is 1. The third-order valence-corrected chi connectivity index (χ3v) is 5.78. The summed E-state index contributed by atoms with van der Waals surface area (Å²) in [5.74, 6) is 1.23. The minimum absolute atomic E-state index is 0.232. The van der Waals surface area contributed by atoms with E-state index in [0.717, 1.165) is 16.1 Å². The van der Waals surface area contributed by atoms with E-state index >= 15 is 0 Å². The van der Waals surface area contributed by atoms with Crippen LogP contribution in [0.25, 0.3) is 10.9 Å². The molecule has 9 heteroatoms. The predicted molar refractivity (Wildman–Crippen MR) is 107 cm³/mol. The molecule has 3 heterocycles. The van der Waals surface area contributed by atoms with E-state index in [4.69, 9.17) is 20.8 Å². The molecule has 7 nitrogen and oxygen atoms in total. The van der Waals surface area contributed by atoms with Crippen molar-refractivity contribution in [2.24, 2.45) is 5.10 Å². The van der Waals surface area contributed by atoms with Crippen LogP contribution in [0, 0.1) is 0 Å². The first-order chi connectivity index (χ1) is 13.4. The molecule has 146 valence electrons. The van der Waals surface area contributed by atoms with Crippen LogP contribution in [0.1, 0.15) is 30.7 Å². The molecule has 28 heavy (non-hydrogen) atoms. The van der Waals surface area contributed by atoms with Crippen molar-refractivity contribution < 1.29 is 17.6 Å². The van der Waals surface area contributed by atoms with Crippen LogP contribution in [0.15, 0.2) is 52.2 Å². The van der Waals surface area contributed by atoms with Gasteiger partial charge in [-0.25, -0.2) is 13.4 Å². The van der Waals surface area contributed by atoms with Crippen molar-refractivity contribution in [2.45, 2.75) is 19.4 Å². The number of hydrazone groups is 1. The zero-order valence-corrected chi connectivity index (χ0v) is 16.9. The molecule has 0 aliphatic carbocycles. The second kappa shape index (κ2) is 7.10. The molecule has 0 fully saturated rings. The van der Waals surface area contributed by atoms with E-state index in [9.17, 15) is 8.42 Å². The Balaban J connectivity index is 1.77.